The van der Waals surface area contributed by atoms with Gasteiger partial charge in [0.1, 0.15) is 0 Å². The standard InChI is InChI=1S/C19H24N2OS/c1-2-21-11-9-17(10-12-21)20-19(22)14-23-18-8-7-15-5-3-4-6-16(15)13-18/h3-8,13,17H,2,9-12,14H2,1H3,(H,20,22). The second kappa shape index (κ2) is 7.84. The highest BCUT2D eigenvalue weighted by Gasteiger charge is 2.19. The van der Waals surface area contributed by atoms with Crippen LogP contribution in [0.1, 0.15) is 19.8 Å². The molecule has 1 amide bonds. The molecule has 0 bridgehead atoms. The van der Waals surface area contributed by atoms with Crippen molar-refractivity contribution in [1.82, 2.24) is 10.2 Å². The zero-order valence-corrected chi connectivity index (χ0v) is 14.4. The molecule has 2 aromatic carbocycles. The number of amides is 1. The Balaban J connectivity index is 1.48. The lowest BCUT2D eigenvalue weighted by atomic mass is 10.1. The average molecular weight is 328 g/mol. The van der Waals surface area contributed by atoms with Gasteiger partial charge in [-0.3, -0.25) is 4.79 Å². The third kappa shape index (κ3) is 4.49. The first-order valence-electron chi connectivity index (χ1n) is 8.38. The zero-order chi connectivity index (χ0) is 16.1. The zero-order valence-electron chi connectivity index (χ0n) is 13.6. The minimum absolute atomic E-state index is 0.151. The first-order chi connectivity index (χ1) is 11.2. The van der Waals surface area contributed by atoms with Gasteiger partial charge >= 0.3 is 0 Å². The summed E-state index contributed by atoms with van der Waals surface area (Å²) >= 11 is 1.61. The Labute approximate surface area is 142 Å². The molecule has 1 aliphatic rings. The fourth-order valence-electron chi connectivity index (χ4n) is 3.07. The van der Waals surface area contributed by atoms with Crippen LogP contribution in [0.4, 0.5) is 0 Å². The molecule has 1 aliphatic heterocycles. The van der Waals surface area contributed by atoms with Gasteiger partial charge in [-0.2, -0.15) is 0 Å². The minimum Gasteiger partial charge on any atom is -0.353 e. The summed E-state index contributed by atoms with van der Waals surface area (Å²) in [5.74, 6) is 0.643. The molecular weight excluding hydrogens is 304 g/mol. The highest BCUT2D eigenvalue weighted by molar-refractivity contribution is 8.00. The number of nitrogens with one attached hydrogen (secondary N) is 1. The first kappa shape index (κ1) is 16.3. The van der Waals surface area contributed by atoms with Gasteiger partial charge in [0.2, 0.25) is 5.91 Å². The number of rotatable bonds is 5. The van der Waals surface area contributed by atoms with Crippen molar-refractivity contribution in [1.29, 1.82) is 0 Å². The number of likely N-dealkylation sites (tertiary alicyclic amines) is 1. The van der Waals surface area contributed by atoms with E-state index >= 15 is 0 Å². The molecule has 0 radical (unpaired) electrons. The van der Waals surface area contributed by atoms with Gasteiger partial charge in [-0.25, -0.2) is 0 Å². The van der Waals surface area contributed by atoms with E-state index in [0.717, 1.165) is 37.4 Å². The maximum Gasteiger partial charge on any atom is 0.230 e. The third-order valence-electron chi connectivity index (χ3n) is 4.49. The van der Waals surface area contributed by atoms with Gasteiger partial charge < -0.3 is 10.2 Å². The van der Waals surface area contributed by atoms with Crippen molar-refractivity contribution in [2.75, 3.05) is 25.4 Å². The highest BCUT2D eigenvalue weighted by Crippen LogP contribution is 2.23. The maximum absolute atomic E-state index is 12.2. The number of fused-ring (bicyclic) bond motifs is 1. The smallest absolute Gasteiger partial charge is 0.230 e. The molecule has 0 atom stereocenters. The van der Waals surface area contributed by atoms with Crippen molar-refractivity contribution in [3.63, 3.8) is 0 Å². The predicted molar refractivity (Wildman–Crippen MR) is 98.0 cm³/mol. The van der Waals surface area contributed by atoms with Crippen LogP contribution in [0.25, 0.3) is 10.8 Å². The maximum atomic E-state index is 12.2. The molecule has 1 fully saturated rings. The van der Waals surface area contributed by atoms with Crippen molar-refractivity contribution in [2.45, 2.75) is 30.7 Å². The van der Waals surface area contributed by atoms with Gasteiger partial charge in [0.15, 0.2) is 0 Å². The topological polar surface area (TPSA) is 32.3 Å². The number of hydrogen-bond acceptors (Lipinski definition) is 3. The molecule has 1 N–H and O–H groups in total. The van der Waals surface area contributed by atoms with Crippen LogP contribution in [0, 0.1) is 0 Å². The van der Waals surface area contributed by atoms with Gasteiger partial charge in [0.25, 0.3) is 0 Å². The van der Waals surface area contributed by atoms with E-state index in [2.05, 4.69) is 47.5 Å². The Morgan fingerprint density at radius 2 is 1.91 bits per heavy atom. The van der Waals surface area contributed by atoms with Gasteiger partial charge in [-0.1, -0.05) is 37.3 Å². The van der Waals surface area contributed by atoms with E-state index in [-0.39, 0.29) is 5.91 Å². The molecule has 0 spiro atoms. The van der Waals surface area contributed by atoms with Crippen molar-refractivity contribution in [3.8, 4) is 0 Å². The van der Waals surface area contributed by atoms with Crippen LogP contribution in [-0.2, 0) is 4.79 Å². The summed E-state index contributed by atoms with van der Waals surface area (Å²) in [5.41, 5.74) is 0. The summed E-state index contributed by atoms with van der Waals surface area (Å²) in [4.78, 5) is 15.7. The lowest BCUT2D eigenvalue weighted by molar-refractivity contribution is -0.119. The SMILES string of the molecule is CCN1CCC(NC(=O)CSc2ccc3ccccc3c2)CC1. The number of hydrogen-bond donors (Lipinski definition) is 1. The van der Waals surface area contributed by atoms with Crippen LogP contribution in [-0.4, -0.2) is 42.2 Å². The molecule has 0 aliphatic carbocycles. The van der Waals surface area contributed by atoms with Crippen molar-refractivity contribution >= 4 is 28.4 Å². The van der Waals surface area contributed by atoms with Gasteiger partial charge in [0.05, 0.1) is 5.75 Å². The molecule has 2 aromatic rings. The fourth-order valence-corrected chi connectivity index (χ4v) is 3.82. The second-order valence-corrected chi connectivity index (χ2v) is 7.12. The molecule has 3 nitrogen and oxygen atoms in total. The predicted octanol–water partition coefficient (Wildman–Crippen LogP) is 3.53. The molecule has 0 saturated carbocycles. The van der Waals surface area contributed by atoms with Crippen molar-refractivity contribution in [3.05, 3.63) is 42.5 Å². The Hall–Kier alpha value is -1.52. The van der Waals surface area contributed by atoms with Crippen LogP contribution in [0.5, 0.6) is 0 Å². The van der Waals surface area contributed by atoms with Crippen molar-refractivity contribution < 1.29 is 4.79 Å². The number of carbonyl (C=O) groups excluding carboxylic acids is 1. The number of benzene rings is 2. The second-order valence-electron chi connectivity index (χ2n) is 6.07. The Kier molecular flexibility index (Phi) is 5.57. The molecule has 122 valence electrons. The number of carbonyl (C=O) groups is 1. The molecule has 1 saturated heterocycles. The van der Waals surface area contributed by atoms with Crippen LogP contribution in [0.15, 0.2) is 47.4 Å². The molecule has 0 aromatic heterocycles. The summed E-state index contributed by atoms with van der Waals surface area (Å²) < 4.78 is 0. The van der Waals surface area contributed by atoms with E-state index in [1.165, 1.54) is 10.8 Å². The van der Waals surface area contributed by atoms with Crippen LogP contribution in [0.2, 0.25) is 0 Å². The Bertz CT molecular complexity index is 665. The van der Waals surface area contributed by atoms with E-state index in [0.29, 0.717) is 11.8 Å². The fraction of sp³-hybridized carbons (Fsp3) is 0.421. The largest absolute Gasteiger partial charge is 0.353 e. The van der Waals surface area contributed by atoms with E-state index < -0.39 is 0 Å². The minimum atomic E-state index is 0.151. The van der Waals surface area contributed by atoms with Gasteiger partial charge in [-0.05, 0) is 42.3 Å². The van der Waals surface area contributed by atoms with E-state index in [1.807, 2.05) is 12.1 Å². The monoisotopic (exact) mass is 328 g/mol. The quantitative estimate of drug-likeness (QED) is 0.852. The van der Waals surface area contributed by atoms with Gasteiger partial charge in [-0.15, -0.1) is 11.8 Å². The van der Waals surface area contributed by atoms with Crippen LogP contribution < -0.4 is 5.32 Å². The molecule has 4 heteroatoms. The lowest BCUT2D eigenvalue weighted by Crippen LogP contribution is -2.45. The summed E-state index contributed by atoms with van der Waals surface area (Å²) in [6.45, 7) is 5.50. The normalized spacial score (nSPS) is 16.6. The van der Waals surface area contributed by atoms with Crippen LogP contribution >= 0.6 is 11.8 Å². The molecule has 23 heavy (non-hydrogen) atoms. The Morgan fingerprint density at radius 3 is 2.65 bits per heavy atom. The number of piperidine rings is 1. The molecular formula is C19H24N2OS. The lowest BCUT2D eigenvalue weighted by Gasteiger charge is -2.31. The number of nitrogens with zero attached hydrogens (tertiary/aromatic N) is 1. The third-order valence-corrected chi connectivity index (χ3v) is 5.48. The molecule has 3 rings (SSSR count). The van der Waals surface area contributed by atoms with E-state index in [9.17, 15) is 4.79 Å². The molecule has 1 heterocycles. The summed E-state index contributed by atoms with van der Waals surface area (Å²) in [5, 5.41) is 5.65. The van der Waals surface area contributed by atoms with Crippen molar-refractivity contribution in [2.24, 2.45) is 0 Å². The summed E-state index contributed by atoms with van der Waals surface area (Å²) in [6, 6.07) is 15.0. The van der Waals surface area contributed by atoms with Gasteiger partial charge in [0, 0.05) is 24.0 Å². The van der Waals surface area contributed by atoms with E-state index in [1.54, 1.807) is 11.8 Å². The van der Waals surface area contributed by atoms with E-state index in [4.69, 9.17) is 0 Å². The Morgan fingerprint density at radius 1 is 1.17 bits per heavy atom. The first-order valence-corrected chi connectivity index (χ1v) is 9.36. The summed E-state index contributed by atoms with van der Waals surface area (Å²) in [6.07, 6.45) is 2.14. The highest BCUT2D eigenvalue weighted by atomic mass is 32.2. The average Bonchev–Trinajstić information content (AvgIpc) is 2.60. The van der Waals surface area contributed by atoms with Crippen LogP contribution in [0.3, 0.4) is 0 Å². The summed E-state index contributed by atoms with van der Waals surface area (Å²) in [7, 11) is 0. The molecule has 0 unspecified atom stereocenters. The number of thioether (sulfide) groups is 1.